The molecule has 0 spiro atoms. The van der Waals surface area contributed by atoms with Crippen molar-refractivity contribution in [1.82, 2.24) is 19.8 Å². The number of carbonyl (C=O) groups is 1. The zero-order chi connectivity index (χ0) is 20.3. The highest BCUT2D eigenvalue weighted by atomic mass is 35.5. The molecular weight excluding hydrogens is 376 g/mol. The molecule has 1 saturated heterocycles. The fourth-order valence-electron chi connectivity index (χ4n) is 3.35. The molecule has 1 fully saturated rings. The second-order valence-electron chi connectivity index (χ2n) is 8.17. The molecule has 1 aliphatic rings. The van der Waals surface area contributed by atoms with Crippen LogP contribution in [-0.2, 0) is 11.3 Å². The summed E-state index contributed by atoms with van der Waals surface area (Å²) in [4.78, 5) is 24.8. The van der Waals surface area contributed by atoms with Crippen LogP contribution in [0.3, 0.4) is 0 Å². The van der Waals surface area contributed by atoms with Crippen LogP contribution in [0.4, 0.5) is 4.79 Å². The van der Waals surface area contributed by atoms with Gasteiger partial charge in [-0.15, -0.1) is 0 Å². The molecule has 150 valence electrons. The van der Waals surface area contributed by atoms with Gasteiger partial charge in [-0.2, -0.15) is 0 Å². The van der Waals surface area contributed by atoms with Crippen LogP contribution in [0.25, 0.3) is 11.3 Å². The molecule has 1 amide bonds. The molecular formula is C21H27ClN4O2. The second-order valence-corrected chi connectivity index (χ2v) is 8.51. The van der Waals surface area contributed by atoms with E-state index in [0.29, 0.717) is 6.54 Å². The van der Waals surface area contributed by atoms with Gasteiger partial charge in [0.15, 0.2) is 0 Å². The molecule has 2 heterocycles. The molecule has 1 aromatic carbocycles. The van der Waals surface area contributed by atoms with Crippen LogP contribution in [0, 0.1) is 0 Å². The van der Waals surface area contributed by atoms with Gasteiger partial charge < -0.3 is 9.64 Å². The summed E-state index contributed by atoms with van der Waals surface area (Å²) in [5.41, 5.74) is 2.55. The molecule has 6 nitrogen and oxygen atoms in total. The van der Waals surface area contributed by atoms with Crippen molar-refractivity contribution in [3.05, 3.63) is 47.4 Å². The minimum Gasteiger partial charge on any atom is -0.444 e. The van der Waals surface area contributed by atoms with E-state index >= 15 is 0 Å². The fourth-order valence-corrected chi connectivity index (χ4v) is 3.50. The van der Waals surface area contributed by atoms with Gasteiger partial charge in [-0.05, 0) is 57.0 Å². The summed E-state index contributed by atoms with van der Waals surface area (Å²) in [7, 11) is 0. The Balaban J connectivity index is 1.63. The number of carbonyl (C=O) groups excluding carboxylic acids is 1. The number of piperazine rings is 1. The van der Waals surface area contributed by atoms with Crippen LogP contribution in [0.1, 0.15) is 33.3 Å². The number of ether oxygens (including phenoxy) is 1. The Labute approximate surface area is 171 Å². The molecule has 0 bridgehead atoms. The van der Waals surface area contributed by atoms with E-state index in [4.69, 9.17) is 16.3 Å². The summed E-state index contributed by atoms with van der Waals surface area (Å²) in [6.45, 7) is 10.8. The van der Waals surface area contributed by atoms with Gasteiger partial charge in [0.25, 0.3) is 0 Å². The van der Waals surface area contributed by atoms with Crippen LogP contribution in [-0.4, -0.2) is 57.1 Å². The first-order chi connectivity index (χ1) is 13.2. The third-order valence-corrected chi connectivity index (χ3v) is 4.78. The summed E-state index contributed by atoms with van der Waals surface area (Å²) in [5, 5.41) is 0.245. The second kappa shape index (κ2) is 8.45. The van der Waals surface area contributed by atoms with Gasteiger partial charge in [-0.1, -0.05) is 18.2 Å². The molecule has 3 rings (SSSR count). The van der Waals surface area contributed by atoms with E-state index in [0.717, 1.165) is 30.9 Å². The van der Waals surface area contributed by atoms with Crippen molar-refractivity contribution >= 4 is 17.7 Å². The maximum Gasteiger partial charge on any atom is 0.410 e. The highest BCUT2D eigenvalue weighted by Crippen LogP contribution is 2.21. The lowest BCUT2D eigenvalue weighted by atomic mass is 10.1. The van der Waals surface area contributed by atoms with Crippen molar-refractivity contribution < 1.29 is 9.53 Å². The third-order valence-electron chi connectivity index (χ3n) is 4.59. The minimum absolute atomic E-state index is 0.104. The Kier molecular flexibility index (Phi) is 6.20. The lowest BCUT2D eigenvalue weighted by molar-refractivity contribution is 0.000564. The van der Waals surface area contributed by atoms with E-state index in [-0.39, 0.29) is 17.4 Å². The monoisotopic (exact) mass is 402 g/mol. The van der Waals surface area contributed by atoms with Crippen molar-refractivity contribution in [3.63, 3.8) is 0 Å². The van der Waals surface area contributed by atoms with Gasteiger partial charge in [-0.3, -0.25) is 4.90 Å². The molecule has 0 radical (unpaired) electrons. The van der Waals surface area contributed by atoms with Crippen molar-refractivity contribution in [2.45, 2.75) is 45.9 Å². The van der Waals surface area contributed by atoms with Crippen molar-refractivity contribution in [2.75, 3.05) is 19.6 Å². The first kappa shape index (κ1) is 20.6. The number of hydrogen-bond acceptors (Lipinski definition) is 5. The SMILES string of the molecule is CC1CN(Cc2cccc(-c3ccnc(Cl)n3)c2)CCN1C(=O)OC(C)(C)C. The molecule has 1 unspecified atom stereocenters. The number of hydrogen-bond donors (Lipinski definition) is 0. The van der Waals surface area contributed by atoms with Crippen molar-refractivity contribution in [2.24, 2.45) is 0 Å². The molecule has 7 heteroatoms. The maximum atomic E-state index is 12.4. The Bertz CT molecular complexity index is 837. The minimum atomic E-state index is -0.474. The van der Waals surface area contributed by atoms with E-state index in [1.165, 1.54) is 5.56 Å². The van der Waals surface area contributed by atoms with Crippen LogP contribution in [0.2, 0.25) is 5.28 Å². The topological polar surface area (TPSA) is 58.6 Å². The first-order valence-electron chi connectivity index (χ1n) is 9.51. The number of aromatic nitrogens is 2. The Morgan fingerprint density at radius 3 is 2.75 bits per heavy atom. The fraction of sp³-hybridized carbons (Fsp3) is 0.476. The Hall–Kier alpha value is -2.18. The smallest absolute Gasteiger partial charge is 0.410 e. The first-order valence-corrected chi connectivity index (χ1v) is 9.89. The maximum absolute atomic E-state index is 12.4. The van der Waals surface area contributed by atoms with Crippen molar-refractivity contribution in [3.8, 4) is 11.3 Å². The zero-order valence-electron chi connectivity index (χ0n) is 16.9. The lowest BCUT2D eigenvalue weighted by Crippen LogP contribution is -2.54. The molecule has 1 aliphatic heterocycles. The number of halogens is 1. The predicted molar refractivity (Wildman–Crippen MR) is 110 cm³/mol. The standard InChI is InChI=1S/C21H27ClN4O2/c1-15-13-25(10-11-26(15)20(27)28-21(2,3)4)14-16-6-5-7-17(12-16)18-8-9-23-19(22)24-18/h5-9,12,15H,10-11,13-14H2,1-4H3. The summed E-state index contributed by atoms with van der Waals surface area (Å²) in [6.07, 6.45) is 1.43. The van der Waals surface area contributed by atoms with Gasteiger partial charge >= 0.3 is 6.09 Å². The summed E-state index contributed by atoms with van der Waals surface area (Å²) in [6, 6.07) is 10.2. The van der Waals surface area contributed by atoms with E-state index in [2.05, 4.69) is 33.9 Å². The van der Waals surface area contributed by atoms with Crippen LogP contribution < -0.4 is 0 Å². The van der Waals surface area contributed by atoms with E-state index in [1.807, 2.05) is 43.9 Å². The number of benzene rings is 1. The highest BCUT2D eigenvalue weighted by Gasteiger charge is 2.30. The normalized spacial score (nSPS) is 18.2. The summed E-state index contributed by atoms with van der Waals surface area (Å²) in [5.74, 6) is 0. The van der Waals surface area contributed by atoms with Gasteiger partial charge in [0.05, 0.1) is 5.69 Å². The zero-order valence-corrected chi connectivity index (χ0v) is 17.6. The summed E-state index contributed by atoms with van der Waals surface area (Å²) < 4.78 is 5.52. The highest BCUT2D eigenvalue weighted by molar-refractivity contribution is 6.28. The molecule has 28 heavy (non-hydrogen) atoms. The summed E-state index contributed by atoms with van der Waals surface area (Å²) >= 11 is 5.91. The van der Waals surface area contributed by atoms with Crippen LogP contribution in [0.15, 0.2) is 36.5 Å². The number of nitrogens with zero attached hydrogens (tertiary/aromatic N) is 4. The van der Waals surface area contributed by atoms with Crippen LogP contribution >= 0.6 is 11.6 Å². The number of rotatable bonds is 3. The third kappa shape index (κ3) is 5.42. The van der Waals surface area contributed by atoms with Crippen LogP contribution in [0.5, 0.6) is 0 Å². The largest absolute Gasteiger partial charge is 0.444 e. The average molecular weight is 403 g/mol. The number of amides is 1. The molecule has 0 N–H and O–H groups in total. The van der Waals surface area contributed by atoms with Gasteiger partial charge in [-0.25, -0.2) is 14.8 Å². The predicted octanol–water partition coefficient (Wildman–Crippen LogP) is 4.24. The molecule has 0 saturated carbocycles. The molecule has 1 atom stereocenters. The average Bonchev–Trinajstić information content (AvgIpc) is 2.60. The quantitative estimate of drug-likeness (QED) is 0.718. The lowest BCUT2D eigenvalue weighted by Gasteiger charge is -2.40. The van der Waals surface area contributed by atoms with Gasteiger partial charge in [0.1, 0.15) is 5.60 Å². The van der Waals surface area contributed by atoms with E-state index in [1.54, 1.807) is 6.20 Å². The molecule has 0 aliphatic carbocycles. The Morgan fingerprint density at radius 1 is 1.29 bits per heavy atom. The Morgan fingerprint density at radius 2 is 2.07 bits per heavy atom. The van der Waals surface area contributed by atoms with E-state index < -0.39 is 5.60 Å². The van der Waals surface area contributed by atoms with E-state index in [9.17, 15) is 4.79 Å². The van der Waals surface area contributed by atoms with Crippen molar-refractivity contribution in [1.29, 1.82) is 0 Å². The molecule has 2 aromatic rings. The van der Waals surface area contributed by atoms with Gasteiger partial charge in [0.2, 0.25) is 5.28 Å². The van der Waals surface area contributed by atoms with Gasteiger partial charge in [0, 0.05) is 44.0 Å². The molecule has 1 aromatic heterocycles.